The Morgan fingerprint density at radius 2 is 2.10 bits per heavy atom. The number of benzene rings is 1. The van der Waals surface area contributed by atoms with Gasteiger partial charge in [0.05, 0.1) is 0 Å². The number of hydrogen-bond donors (Lipinski definition) is 1. The van der Waals surface area contributed by atoms with Gasteiger partial charge in [-0.1, -0.05) is 18.2 Å². The lowest BCUT2D eigenvalue weighted by atomic mass is 9.89. The maximum absolute atomic E-state index is 14.0. The monoisotopic (exact) mass is 293 g/mol. The van der Waals surface area contributed by atoms with Crippen LogP contribution in [0.2, 0.25) is 0 Å². The number of nitrogens with two attached hydrogens (primary N) is 1. The van der Waals surface area contributed by atoms with Gasteiger partial charge in [0.1, 0.15) is 5.82 Å². The molecule has 1 aromatic rings. The van der Waals surface area contributed by atoms with Crippen LogP contribution in [0.15, 0.2) is 24.3 Å². The standard InChI is InChI=1S/C17H28FN3/c1-17(13-19,11-14-7-4-5-9-16(14)18)21-10-6-8-15(21)12-20(2)3/h4-5,7,9,15H,6,8,10-13,19H2,1-3H3. The third-order valence-corrected chi connectivity index (χ3v) is 4.62. The van der Waals surface area contributed by atoms with Crippen LogP contribution in [0.3, 0.4) is 0 Å². The molecule has 118 valence electrons. The maximum Gasteiger partial charge on any atom is 0.126 e. The lowest BCUT2D eigenvalue weighted by Gasteiger charge is -2.43. The molecular formula is C17H28FN3. The molecule has 1 aliphatic heterocycles. The molecule has 1 heterocycles. The van der Waals surface area contributed by atoms with Gasteiger partial charge in [0.15, 0.2) is 0 Å². The van der Waals surface area contributed by atoms with Crippen LogP contribution in [0.5, 0.6) is 0 Å². The number of halogens is 1. The molecular weight excluding hydrogens is 265 g/mol. The molecule has 1 saturated heterocycles. The summed E-state index contributed by atoms with van der Waals surface area (Å²) in [5.41, 5.74) is 6.68. The van der Waals surface area contributed by atoms with E-state index in [1.165, 1.54) is 18.9 Å². The molecule has 1 fully saturated rings. The summed E-state index contributed by atoms with van der Waals surface area (Å²) >= 11 is 0. The molecule has 21 heavy (non-hydrogen) atoms. The molecule has 0 spiro atoms. The second-order valence-electron chi connectivity index (χ2n) is 6.72. The van der Waals surface area contributed by atoms with E-state index in [0.29, 0.717) is 19.0 Å². The molecule has 1 aliphatic rings. The zero-order valence-corrected chi connectivity index (χ0v) is 13.5. The van der Waals surface area contributed by atoms with E-state index < -0.39 is 0 Å². The average Bonchev–Trinajstić information content (AvgIpc) is 2.89. The van der Waals surface area contributed by atoms with Gasteiger partial charge in [-0.3, -0.25) is 4.90 Å². The molecule has 2 N–H and O–H groups in total. The van der Waals surface area contributed by atoms with Gasteiger partial charge in [0.2, 0.25) is 0 Å². The first-order chi connectivity index (χ1) is 9.96. The normalized spacial score (nSPS) is 22.7. The Kier molecular flexibility index (Phi) is 5.36. The van der Waals surface area contributed by atoms with E-state index in [1.54, 1.807) is 6.07 Å². The molecule has 1 aromatic carbocycles. The third-order valence-electron chi connectivity index (χ3n) is 4.62. The van der Waals surface area contributed by atoms with E-state index in [-0.39, 0.29) is 11.4 Å². The van der Waals surface area contributed by atoms with Gasteiger partial charge in [0, 0.05) is 24.7 Å². The van der Waals surface area contributed by atoms with E-state index in [9.17, 15) is 4.39 Å². The number of likely N-dealkylation sites (N-methyl/N-ethyl adjacent to an activating group) is 1. The molecule has 3 nitrogen and oxygen atoms in total. The molecule has 0 aliphatic carbocycles. The average molecular weight is 293 g/mol. The summed E-state index contributed by atoms with van der Waals surface area (Å²) in [6.45, 7) is 4.81. The Labute approximate surface area is 127 Å². The molecule has 2 atom stereocenters. The fourth-order valence-corrected chi connectivity index (χ4v) is 3.50. The topological polar surface area (TPSA) is 32.5 Å². The van der Waals surface area contributed by atoms with Crippen LogP contribution in [0.1, 0.15) is 25.3 Å². The summed E-state index contributed by atoms with van der Waals surface area (Å²) in [7, 11) is 4.21. The third kappa shape index (κ3) is 3.82. The van der Waals surface area contributed by atoms with Crippen molar-refractivity contribution in [3.8, 4) is 0 Å². The van der Waals surface area contributed by atoms with Gasteiger partial charge < -0.3 is 10.6 Å². The molecule has 4 heteroatoms. The summed E-state index contributed by atoms with van der Waals surface area (Å²) in [6, 6.07) is 7.56. The van der Waals surface area contributed by atoms with Gasteiger partial charge in [-0.15, -0.1) is 0 Å². The zero-order chi connectivity index (χ0) is 15.5. The summed E-state index contributed by atoms with van der Waals surface area (Å²) in [6.07, 6.45) is 3.07. The Bertz CT molecular complexity index is 463. The molecule has 0 bridgehead atoms. The fourth-order valence-electron chi connectivity index (χ4n) is 3.50. The first-order valence-corrected chi connectivity index (χ1v) is 7.81. The molecule has 0 saturated carbocycles. The zero-order valence-electron chi connectivity index (χ0n) is 13.5. The number of nitrogens with zero attached hydrogens (tertiary/aromatic N) is 2. The smallest absolute Gasteiger partial charge is 0.126 e. The van der Waals surface area contributed by atoms with Gasteiger partial charge in [-0.25, -0.2) is 4.39 Å². The van der Waals surface area contributed by atoms with E-state index in [2.05, 4.69) is 30.8 Å². The van der Waals surface area contributed by atoms with Crippen molar-refractivity contribution in [3.63, 3.8) is 0 Å². The molecule has 0 aromatic heterocycles. The Morgan fingerprint density at radius 1 is 1.38 bits per heavy atom. The minimum atomic E-state index is -0.181. The summed E-state index contributed by atoms with van der Waals surface area (Å²) in [5.74, 6) is -0.125. The number of hydrogen-bond acceptors (Lipinski definition) is 3. The van der Waals surface area contributed by atoms with Crippen LogP contribution in [0, 0.1) is 5.82 Å². The Balaban J connectivity index is 2.18. The van der Waals surface area contributed by atoms with Crippen molar-refractivity contribution in [1.29, 1.82) is 0 Å². The van der Waals surface area contributed by atoms with E-state index in [1.807, 2.05) is 12.1 Å². The maximum atomic E-state index is 14.0. The Morgan fingerprint density at radius 3 is 2.71 bits per heavy atom. The van der Waals surface area contributed by atoms with Gasteiger partial charge in [-0.05, 0) is 58.5 Å². The molecule has 0 amide bonds. The highest BCUT2D eigenvalue weighted by molar-refractivity contribution is 5.20. The highest BCUT2D eigenvalue weighted by Crippen LogP contribution is 2.30. The summed E-state index contributed by atoms with van der Waals surface area (Å²) < 4.78 is 14.0. The van der Waals surface area contributed by atoms with Crippen LogP contribution in [-0.4, -0.2) is 55.1 Å². The predicted molar refractivity (Wildman–Crippen MR) is 85.8 cm³/mol. The van der Waals surface area contributed by atoms with Crippen LogP contribution >= 0.6 is 0 Å². The van der Waals surface area contributed by atoms with E-state index in [0.717, 1.165) is 18.7 Å². The summed E-state index contributed by atoms with van der Waals surface area (Å²) in [5, 5.41) is 0. The van der Waals surface area contributed by atoms with Gasteiger partial charge in [-0.2, -0.15) is 0 Å². The second-order valence-corrected chi connectivity index (χ2v) is 6.72. The highest BCUT2D eigenvalue weighted by Gasteiger charge is 2.38. The van der Waals surface area contributed by atoms with Crippen LogP contribution in [0.4, 0.5) is 4.39 Å². The highest BCUT2D eigenvalue weighted by atomic mass is 19.1. The van der Waals surface area contributed by atoms with Crippen molar-refractivity contribution in [3.05, 3.63) is 35.6 Å². The molecule has 0 radical (unpaired) electrons. The van der Waals surface area contributed by atoms with Crippen LogP contribution in [0.25, 0.3) is 0 Å². The second kappa shape index (κ2) is 6.86. The first-order valence-electron chi connectivity index (χ1n) is 7.81. The summed E-state index contributed by atoms with van der Waals surface area (Å²) in [4.78, 5) is 4.72. The fraction of sp³-hybridized carbons (Fsp3) is 0.647. The number of rotatable bonds is 6. The van der Waals surface area contributed by atoms with Gasteiger partial charge >= 0.3 is 0 Å². The molecule has 2 unspecified atom stereocenters. The SMILES string of the molecule is CN(C)CC1CCCN1C(C)(CN)Cc1ccccc1F. The van der Waals surface area contributed by atoms with Crippen LogP contribution in [-0.2, 0) is 6.42 Å². The van der Waals surface area contributed by atoms with Crippen molar-refractivity contribution in [2.24, 2.45) is 5.73 Å². The van der Waals surface area contributed by atoms with Gasteiger partial charge in [0.25, 0.3) is 0 Å². The minimum absolute atomic E-state index is 0.125. The van der Waals surface area contributed by atoms with Crippen molar-refractivity contribution in [2.45, 2.75) is 37.8 Å². The largest absolute Gasteiger partial charge is 0.329 e. The van der Waals surface area contributed by atoms with Crippen LogP contribution < -0.4 is 5.73 Å². The minimum Gasteiger partial charge on any atom is -0.329 e. The predicted octanol–water partition coefficient (Wildman–Crippen LogP) is 2.11. The lowest BCUT2D eigenvalue weighted by Crippen LogP contribution is -2.56. The van der Waals surface area contributed by atoms with Crippen molar-refractivity contribution < 1.29 is 4.39 Å². The van der Waals surface area contributed by atoms with Crippen molar-refractivity contribution in [2.75, 3.05) is 33.7 Å². The first kappa shape index (κ1) is 16.4. The van der Waals surface area contributed by atoms with E-state index in [4.69, 9.17) is 5.73 Å². The van der Waals surface area contributed by atoms with Crippen molar-refractivity contribution in [1.82, 2.24) is 9.80 Å². The number of likely N-dealkylation sites (tertiary alicyclic amines) is 1. The van der Waals surface area contributed by atoms with Crippen molar-refractivity contribution >= 4 is 0 Å². The Hall–Kier alpha value is -0.970. The lowest BCUT2D eigenvalue weighted by molar-refractivity contribution is 0.0808. The van der Waals surface area contributed by atoms with E-state index >= 15 is 0 Å². The quantitative estimate of drug-likeness (QED) is 0.872. The molecule has 2 rings (SSSR count).